The molecule has 0 aliphatic heterocycles. The Kier molecular flexibility index (Phi) is 29.7. The van der Waals surface area contributed by atoms with Gasteiger partial charge in [0.25, 0.3) is 0 Å². The molecule has 0 saturated heterocycles. The van der Waals surface area contributed by atoms with Gasteiger partial charge in [0.05, 0.1) is 19.6 Å². The highest BCUT2D eigenvalue weighted by atomic mass is 32.1. The number of rotatable bonds is 35. The normalized spacial score (nSPS) is 14.8. The summed E-state index contributed by atoms with van der Waals surface area (Å²) in [5.74, 6) is -12.7. The number of phenolic OH excluding ortho intramolecular Hbond substituents is 1. The lowest BCUT2D eigenvalue weighted by atomic mass is 10.0. The van der Waals surface area contributed by atoms with Crippen LogP contribution in [-0.4, -0.2) is 177 Å². The van der Waals surface area contributed by atoms with Crippen molar-refractivity contribution in [1.29, 1.82) is 0 Å². The summed E-state index contributed by atoms with van der Waals surface area (Å²) in [4.78, 5) is 151. The summed E-state index contributed by atoms with van der Waals surface area (Å²) in [6, 6.07) is -1.02. The Labute approximate surface area is 473 Å². The largest absolute Gasteiger partial charge is 0.508 e. The second kappa shape index (κ2) is 34.8. The second-order valence-corrected chi connectivity index (χ2v) is 20.1. The van der Waals surface area contributed by atoms with Crippen LogP contribution in [0.4, 0.5) is 0 Å². The van der Waals surface area contributed by atoms with Crippen LogP contribution in [0.3, 0.4) is 0 Å². The van der Waals surface area contributed by atoms with Gasteiger partial charge < -0.3 is 91.2 Å². The highest BCUT2D eigenvalue weighted by Gasteiger charge is 2.36. The second-order valence-electron chi connectivity index (χ2n) is 19.7. The number of phenols is 1. The number of aliphatic carboxylic acids is 1. The molecule has 81 heavy (non-hydrogen) atoms. The predicted octanol–water partition coefficient (Wildman–Crippen LogP) is -5.48. The van der Waals surface area contributed by atoms with Gasteiger partial charge in [-0.1, -0.05) is 70.2 Å². The molecule has 0 heterocycles. The minimum Gasteiger partial charge on any atom is -0.508 e. The molecule has 0 saturated carbocycles. The van der Waals surface area contributed by atoms with Gasteiger partial charge in [0.15, 0.2) is 5.96 Å². The standard InChI is InChI=1S/C51H78N14O15S/c1-25(2)18-33(60-48(77)37(23-67)63-42(71)31(52)22-66)44(73)64-38(24-81)49(78)62-36(21-39(53)69)46(75)61-34(19-28-10-7-6-8-11-28)45(74)58-32(12-9-17-56-51(54)55)43(72)57-27(5)41(70)59-35(20-29-13-15-30(68)16-14-29)47(76)65-40(26(3)4)50(79)80/h6-8,10-11,13-16,25-27,31-38,40,66-68,81H,9,12,17-24,52H2,1-5H3,(H2,53,69)(H,57,72)(H,58,74)(H,59,70)(H,60,77)(H,61,75)(H,62,78)(H,63,71)(H,64,73)(H,65,76)(H,79,80)(H4,54,55,56)/t27-,31-,32-,33-,34-,35-,36-,37-,38-,40-/m0/s1. The van der Waals surface area contributed by atoms with E-state index in [-0.39, 0.29) is 56.3 Å². The average Bonchev–Trinajstić information content (AvgIpc) is 3.42. The Bertz CT molecular complexity index is 2500. The number of aliphatic hydroxyl groups excluding tert-OH is 2. The van der Waals surface area contributed by atoms with Gasteiger partial charge in [-0.05, 0) is 61.3 Å². The van der Waals surface area contributed by atoms with Crippen molar-refractivity contribution in [3.63, 3.8) is 0 Å². The summed E-state index contributed by atoms with van der Waals surface area (Å²) in [6.45, 7) is 6.14. The van der Waals surface area contributed by atoms with Crippen molar-refractivity contribution in [2.24, 2.45) is 39.8 Å². The number of thiol groups is 1. The first kappa shape index (κ1) is 69.0. The molecule has 0 radical (unpaired) electrons. The van der Waals surface area contributed by atoms with Crippen molar-refractivity contribution < 1.29 is 73.2 Å². The lowest BCUT2D eigenvalue weighted by Gasteiger charge is -2.28. The van der Waals surface area contributed by atoms with Crippen LogP contribution in [0.5, 0.6) is 5.75 Å². The number of carboxylic acids is 1. The van der Waals surface area contributed by atoms with Gasteiger partial charge in [0, 0.05) is 25.1 Å². The number of carbonyl (C=O) groups excluding carboxylic acids is 10. The van der Waals surface area contributed by atoms with Gasteiger partial charge in [0.2, 0.25) is 59.1 Å². The average molecular weight is 1160 g/mol. The monoisotopic (exact) mass is 1160 g/mol. The topological polar surface area (TPSA) is 493 Å². The van der Waals surface area contributed by atoms with Crippen molar-refractivity contribution in [3.05, 3.63) is 65.7 Å². The van der Waals surface area contributed by atoms with Crippen LogP contribution in [0.2, 0.25) is 0 Å². The number of aliphatic imine (C=N–C) groups is 1. The molecule has 10 atom stereocenters. The van der Waals surface area contributed by atoms with E-state index < -0.39 is 157 Å². The minimum atomic E-state index is -1.80. The Hall–Kier alpha value is -8.09. The lowest BCUT2D eigenvalue weighted by molar-refractivity contribution is -0.143. The summed E-state index contributed by atoms with van der Waals surface area (Å²) in [7, 11) is 0. The van der Waals surface area contributed by atoms with E-state index in [0.717, 1.165) is 0 Å². The van der Waals surface area contributed by atoms with E-state index in [0.29, 0.717) is 11.1 Å². The minimum absolute atomic E-state index is 0.0223. The molecule has 0 aromatic heterocycles. The summed E-state index contributed by atoms with van der Waals surface area (Å²) < 4.78 is 0. The number of hydrogen-bond donors (Lipinski definition) is 18. The third kappa shape index (κ3) is 24.9. The molecular weight excluding hydrogens is 1080 g/mol. The number of nitrogens with one attached hydrogen (secondary N) is 9. The van der Waals surface area contributed by atoms with Crippen LogP contribution < -0.4 is 70.8 Å². The van der Waals surface area contributed by atoms with Gasteiger partial charge in [-0.3, -0.25) is 52.9 Å². The SMILES string of the molecule is CC(C)C[C@H](NC(=O)[C@H](CO)NC(=O)[C@@H](N)CO)C(=O)N[C@@H](CS)C(=O)N[C@@H](CC(N)=O)C(=O)N[C@@H](Cc1ccccc1)C(=O)N[C@@H](CCCN=C(N)N)C(=O)N[C@@H](C)C(=O)N[C@@H](Cc1ccc(O)cc1)C(=O)N[C@H](C(=O)O)C(C)C. The fourth-order valence-corrected chi connectivity index (χ4v) is 7.83. The van der Waals surface area contributed by atoms with Gasteiger partial charge in [0.1, 0.15) is 66.2 Å². The third-order valence-electron chi connectivity index (χ3n) is 12.0. The number of hydrogen-bond acceptors (Lipinski definition) is 17. The molecule has 0 bridgehead atoms. The van der Waals surface area contributed by atoms with Gasteiger partial charge in [-0.2, -0.15) is 12.6 Å². The Morgan fingerprint density at radius 2 is 1.00 bits per heavy atom. The zero-order valence-electron chi connectivity index (χ0n) is 45.7. The van der Waals surface area contributed by atoms with E-state index in [1.165, 1.54) is 31.2 Å². The highest BCUT2D eigenvalue weighted by molar-refractivity contribution is 7.80. The highest BCUT2D eigenvalue weighted by Crippen LogP contribution is 2.14. The van der Waals surface area contributed by atoms with E-state index in [2.05, 4.69) is 65.5 Å². The summed E-state index contributed by atoms with van der Waals surface area (Å²) in [6.07, 6.45) is -1.36. The summed E-state index contributed by atoms with van der Waals surface area (Å²) in [5.41, 5.74) is 23.0. The van der Waals surface area contributed by atoms with E-state index >= 15 is 0 Å². The molecule has 30 heteroatoms. The molecule has 2 aromatic carbocycles. The van der Waals surface area contributed by atoms with Crippen molar-refractivity contribution >= 4 is 83.6 Å². The van der Waals surface area contributed by atoms with Crippen LogP contribution in [0.15, 0.2) is 59.6 Å². The van der Waals surface area contributed by atoms with E-state index in [1.54, 1.807) is 58.0 Å². The lowest BCUT2D eigenvalue weighted by Crippen LogP contribution is -2.61. The molecule has 0 spiro atoms. The molecule has 0 aliphatic rings. The van der Waals surface area contributed by atoms with Crippen molar-refractivity contribution in [1.82, 2.24) is 47.9 Å². The van der Waals surface area contributed by atoms with Crippen LogP contribution in [0.1, 0.15) is 71.4 Å². The molecular formula is C51H78N14O15S. The van der Waals surface area contributed by atoms with Crippen LogP contribution in [0.25, 0.3) is 0 Å². The molecule has 0 aliphatic carbocycles. The zero-order valence-corrected chi connectivity index (χ0v) is 46.6. The molecule has 21 N–H and O–H groups in total. The maximum Gasteiger partial charge on any atom is 0.326 e. The number of guanidine groups is 1. The molecule has 0 fully saturated rings. The summed E-state index contributed by atoms with van der Waals surface area (Å²) in [5, 5.41) is 60.5. The first-order chi connectivity index (χ1) is 38.1. The number of aromatic hydroxyl groups is 1. The predicted molar refractivity (Wildman–Crippen MR) is 297 cm³/mol. The number of nitrogens with zero attached hydrogens (tertiary/aromatic N) is 1. The Morgan fingerprint density at radius 3 is 1.52 bits per heavy atom. The van der Waals surface area contributed by atoms with Gasteiger partial charge in [-0.15, -0.1) is 0 Å². The quantitative estimate of drug-likeness (QED) is 0.0132. The van der Waals surface area contributed by atoms with E-state index in [1.807, 2.05) is 0 Å². The maximum atomic E-state index is 14.4. The number of amides is 10. The molecule has 2 aromatic rings. The first-order valence-electron chi connectivity index (χ1n) is 25.8. The Morgan fingerprint density at radius 1 is 0.543 bits per heavy atom. The molecule has 29 nitrogen and oxygen atoms in total. The fourth-order valence-electron chi connectivity index (χ4n) is 7.58. The van der Waals surface area contributed by atoms with Crippen molar-refractivity contribution in [2.45, 2.75) is 134 Å². The van der Waals surface area contributed by atoms with Gasteiger partial charge in [-0.25, -0.2) is 4.79 Å². The molecule has 10 amide bonds. The number of carboxylic acid groups (broad SMARTS) is 1. The maximum absolute atomic E-state index is 14.4. The molecule has 448 valence electrons. The van der Waals surface area contributed by atoms with Crippen LogP contribution in [0, 0.1) is 11.8 Å². The smallest absolute Gasteiger partial charge is 0.326 e. The molecule has 0 unspecified atom stereocenters. The number of carbonyl (C=O) groups is 11. The van der Waals surface area contributed by atoms with Crippen molar-refractivity contribution in [3.8, 4) is 5.75 Å². The van der Waals surface area contributed by atoms with E-state index in [9.17, 15) is 73.2 Å². The third-order valence-corrected chi connectivity index (χ3v) is 12.4. The summed E-state index contributed by atoms with van der Waals surface area (Å²) >= 11 is 4.18. The number of aliphatic hydroxyl groups is 2. The van der Waals surface area contributed by atoms with Crippen LogP contribution in [-0.2, 0) is 65.6 Å². The van der Waals surface area contributed by atoms with Crippen LogP contribution >= 0.6 is 12.6 Å². The number of nitrogens with two attached hydrogens (primary N) is 4. The van der Waals surface area contributed by atoms with E-state index in [4.69, 9.17) is 22.9 Å². The molecule has 2 rings (SSSR count). The Balaban J connectivity index is 2.44. The number of primary amides is 1. The first-order valence-corrected chi connectivity index (χ1v) is 26.4. The zero-order chi connectivity index (χ0) is 61.1. The number of benzene rings is 2. The van der Waals surface area contributed by atoms with Gasteiger partial charge >= 0.3 is 5.97 Å². The fraction of sp³-hybridized carbons (Fsp3) is 0.529. The van der Waals surface area contributed by atoms with Crippen molar-refractivity contribution in [2.75, 3.05) is 25.5 Å².